The number of likely N-dealkylation sites (tertiary alicyclic amines) is 1. The van der Waals surface area contributed by atoms with E-state index in [1.807, 2.05) is 0 Å². The van der Waals surface area contributed by atoms with Gasteiger partial charge in [0.2, 0.25) is 5.91 Å². The van der Waals surface area contributed by atoms with Crippen molar-refractivity contribution in [1.29, 1.82) is 0 Å². The maximum Gasteiger partial charge on any atom is 0.238 e. The van der Waals surface area contributed by atoms with Crippen LogP contribution in [0.15, 0.2) is 18.2 Å². The van der Waals surface area contributed by atoms with Crippen LogP contribution >= 0.6 is 11.6 Å². The van der Waals surface area contributed by atoms with Gasteiger partial charge in [-0.25, -0.2) is 0 Å². The van der Waals surface area contributed by atoms with Crippen molar-refractivity contribution < 1.29 is 9.53 Å². The number of nitrogens with one attached hydrogen (secondary N) is 1. The minimum Gasteiger partial charge on any atom is -0.495 e. The zero-order valence-corrected chi connectivity index (χ0v) is 13.2. The molecule has 1 aliphatic heterocycles. The van der Waals surface area contributed by atoms with Gasteiger partial charge in [-0.1, -0.05) is 18.5 Å². The Hall–Kier alpha value is -1.30. The fraction of sp³-hybridized carbons (Fsp3) is 0.533. The summed E-state index contributed by atoms with van der Waals surface area (Å²) in [5, 5.41) is 3.33. The van der Waals surface area contributed by atoms with Gasteiger partial charge in [-0.05, 0) is 30.5 Å². The number of anilines is 1. The van der Waals surface area contributed by atoms with Gasteiger partial charge in [0.05, 0.1) is 18.7 Å². The zero-order valence-electron chi connectivity index (χ0n) is 12.4. The molecule has 0 bridgehead atoms. The van der Waals surface area contributed by atoms with Crippen molar-refractivity contribution in [2.75, 3.05) is 32.1 Å². The van der Waals surface area contributed by atoms with Crippen molar-refractivity contribution in [2.45, 2.75) is 19.4 Å². The van der Waals surface area contributed by atoms with E-state index in [0.717, 1.165) is 19.5 Å². The standard InChI is InChI=1S/C15H22ClN3O2/c1-10-5-11(17)8-19(7-10)9-15(20)18-12-3-4-14(21-2)13(16)6-12/h3-4,6,10-11H,5,7-9,17H2,1-2H3,(H,18,20). The second kappa shape index (κ2) is 7.11. The molecule has 0 aliphatic carbocycles. The van der Waals surface area contributed by atoms with Crippen LogP contribution in [0.1, 0.15) is 13.3 Å². The lowest BCUT2D eigenvalue weighted by molar-refractivity contribution is -0.117. The molecule has 1 aromatic rings. The SMILES string of the molecule is COc1ccc(NC(=O)CN2CC(C)CC(N)C2)cc1Cl. The highest BCUT2D eigenvalue weighted by atomic mass is 35.5. The first-order valence-electron chi connectivity index (χ1n) is 7.09. The van der Waals surface area contributed by atoms with Crippen LogP contribution in [0.2, 0.25) is 5.02 Å². The number of methoxy groups -OCH3 is 1. The van der Waals surface area contributed by atoms with E-state index in [1.54, 1.807) is 25.3 Å². The molecule has 1 saturated heterocycles. The molecule has 116 valence electrons. The average molecular weight is 312 g/mol. The van der Waals surface area contributed by atoms with Gasteiger partial charge in [0.25, 0.3) is 0 Å². The smallest absolute Gasteiger partial charge is 0.238 e. The molecule has 1 amide bonds. The van der Waals surface area contributed by atoms with Crippen molar-refractivity contribution in [3.05, 3.63) is 23.2 Å². The van der Waals surface area contributed by atoms with E-state index < -0.39 is 0 Å². The molecular formula is C15H22ClN3O2. The topological polar surface area (TPSA) is 67.6 Å². The number of rotatable bonds is 4. The van der Waals surface area contributed by atoms with Crippen molar-refractivity contribution in [3.8, 4) is 5.75 Å². The predicted octanol–water partition coefficient (Wildman–Crippen LogP) is 1.96. The Bertz CT molecular complexity index is 500. The summed E-state index contributed by atoms with van der Waals surface area (Å²) in [7, 11) is 1.56. The molecule has 1 fully saturated rings. The number of carbonyl (C=O) groups is 1. The average Bonchev–Trinajstić information content (AvgIpc) is 2.37. The van der Waals surface area contributed by atoms with Gasteiger partial charge in [0.15, 0.2) is 0 Å². The van der Waals surface area contributed by atoms with Gasteiger partial charge in [-0.15, -0.1) is 0 Å². The molecule has 2 atom stereocenters. The van der Waals surface area contributed by atoms with Crippen LogP contribution in [0, 0.1) is 5.92 Å². The molecule has 0 aromatic heterocycles. The number of benzene rings is 1. The molecule has 0 spiro atoms. The van der Waals surface area contributed by atoms with E-state index in [2.05, 4.69) is 17.1 Å². The molecule has 1 aliphatic rings. The fourth-order valence-corrected chi connectivity index (χ4v) is 3.05. The molecule has 0 radical (unpaired) electrons. The minimum atomic E-state index is -0.0578. The van der Waals surface area contributed by atoms with Crippen molar-refractivity contribution in [2.24, 2.45) is 11.7 Å². The van der Waals surface area contributed by atoms with E-state index in [9.17, 15) is 4.79 Å². The van der Waals surface area contributed by atoms with Crippen molar-refractivity contribution in [3.63, 3.8) is 0 Å². The number of carbonyl (C=O) groups excluding carboxylic acids is 1. The first kappa shape index (κ1) is 16.1. The molecule has 0 saturated carbocycles. The maximum absolute atomic E-state index is 12.1. The molecule has 1 aromatic carbocycles. The molecule has 1 heterocycles. The summed E-state index contributed by atoms with van der Waals surface area (Å²) < 4.78 is 5.08. The van der Waals surface area contributed by atoms with Crippen LogP contribution in [0.5, 0.6) is 5.75 Å². The van der Waals surface area contributed by atoms with Gasteiger partial charge >= 0.3 is 0 Å². The maximum atomic E-state index is 12.1. The number of hydrogen-bond donors (Lipinski definition) is 2. The normalized spacial score (nSPS) is 22.9. The van der Waals surface area contributed by atoms with Crippen LogP contribution in [-0.4, -0.2) is 43.6 Å². The Kier molecular flexibility index (Phi) is 5.45. The van der Waals surface area contributed by atoms with Gasteiger partial charge in [-0.2, -0.15) is 0 Å². The van der Waals surface area contributed by atoms with E-state index in [-0.39, 0.29) is 11.9 Å². The first-order chi connectivity index (χ1) is 9.97. The highest BCUT2D eigenvalue weighted by molar-refractivity contribution is 6.32. The van der Waals surface area contributed by atoms with Gasteiger partial charge < -0.3 is 15.8 Å². The molecule has 2 unspecified atom stereocenters. The Labute approximate surface area is 130 Å². The Morgan fingerprint density at radius 1 is 1.52 bits per heavy atom. The third kappa shape index (κ3) is 4.59. The van der Waals surface area contributed by atoms with E-state index >= 15 is 0 Å². The summed E-state index contributed by atoms with van der Waals surface area (Å²) in [5.41, 5.74) is 6.66. The summed E-state index contributed by atoms with van der Waals surface area (Å²) >= 11 is 6.04. The summed E-state index contributed by atoms with van der Waals surface area (Å²) in [5.74, 6) is 1.06. The second-order valence-electron chi connectivity index (χ2n) is 5.69. The second-order valence-corrected chi connectivity index (χ2v) is 6.10. The summed E-state index contributed by atoms with van der Waals surface area (Å²) in [6.45, 7) is 4.18. The number of hydrogen-bond acceptors (Lipinski definition) is 4. The van der Waals surface area contributed by atoms with Gasteiger partial charge in [-0.3, -0.25) is 9.69 Å². The third-order valence-corrected chi connectivity index (χ3v) is 3.87. The fourth-order valence-electron chi connectivity index (χ4n) is 2.79. The Balaban J connectivity index is 1.91. The molecular weight excluding hydrogens is 290 g/mol. The third-order valence-electron chi connectivity index (χ3n) is 3.57. The van der Waals surface area contributed by atoms with E-state index in [0.29, 0.717) is 28.9 Å². The number of halogens is 1. The Morgan fingerprint density at radius 3 is 2.90 bits per heavy atom. The number of nitrogens with zero attached hydrogens (tertiary/aromatic N) is 1. The van der Waals surface area contributed by atoms with Gasteiger partial charge in [0, 0.05) is 24.8 Å². The zero-order chi connectivity index (χ0) is 15.4. The highest BCUT2D eigenvalue weighted by Gasteiger charge is 2.23. The minimum absolute atomic E-state index is 0.0578. The quantitative estimate of drug-likeness (QED) is 0.892. The molecule has 6 heteroatoms. The predicted molar refractivity (Wildman–Crippen MR) is 84.8 cm³/mol. The largest absolute Gasteiger partial charge is 0.495 e. The number of nitrogens with two attached hydrogens (primary N) is 1. The summed E-state index contributed by atoms with van der Waals surface area (Å²) in [4.78, 5) is 14.2. The summed E-state index contributed by atoms with van der Waals surface area (Å²) in [6, 6.07) is 5.34. The van der Waals surface area contributed by atoms with E-state index in [4.69, 9.17) is 22.1 Å². The first-order valence-corrected chi connectivity index (χ1v) is 7.47. The Morgan fingerprint density at radius 2 is 2.29 bits per heavy atom. The van der Waals surface area contributed by atoms with Crippen LogP contribution in [0.25, 0.3) is 0 Å². The van der Waals surface area contributed by atoms with Crippen LogP contribution in [0.3, 0.4) is 0 Å². The van der Waals surface area contributed by atoms with Crippen LogP contribution in [-0.2, 0) is 4.79 Å². The number of ether oxygens (including phenoxy) is 1. The number of amides is 1. The lowest BCUT2D eigenvalue weighted by atomic mass is 9.97. The van der Waals surface area contributed by atoms with Crippen molar-refractivity contribution >= 4 is 23.2 Å². The molecule has 2 rings (SSSR count). The molecule has 5 nitrogen and oxygen atoms in total. The van der Waals surface area contributed by atoms with Crippen LogP contribution < -0.4 is 15.8 Å². The monoisotopic (exact) mass is 311 g/mol. The van der Waals surface area contributed by atoms with E-state index in [1.165, 1.54) is 0 Å². The van der Waals surface area contributed by atoms with Crippen molar-refractivity contribution in [1.82, 2.24) is 4.90 Å². The number of piperidine rings is 1. The lowest BCUT2D eigenvalue weighted by Crippen LogP contribution is -2.48. The van der Waals surface area contributed by atoms with Crippen LogP contribution in [0.4, 0.5) is 5.69 Å². The highest BCUT2D eigenvalue weighted by Crippen LogP contribution is 2.27. The molecule has 21 heavy (non-hydrogen) atoms. The summed E-state index contributed by atoms with van der Waals surface area (Å²) in [6.07, 6.45) is 1.02. The van der Waals surface area contributed by atoms with Gasteiger partial charge in [0.1, 0.15) is 5.75 Å². The lowest BCUT2D eigenvalue weighted by Gasteiger charge is -2.34. The molecule has 3 N–H and O–H groups in total.